The van der Waals surface area contributed by atoms with E-state index in [1.54, 1.807) is 19.2 Å². The zero-order valence-corrected chi connectivity index (χ0v) is 11.3. The van der Waals surface area contributed by atoms with Crippen LogP contribution in [0.2, 0.25) is 0 Å². The lowest BCUT2D eigenvalue weighted by Crippen LogP contribution is -2.30. The molecule has 0 bridgehead atoms. The largest absolute Gasteiger partial charge is 0.369 e. The smallest absolute Gasteiger partial charge is 0.271 e. The highest BCUT2D eigenvalue weighted by atomic mass is 16.1. The Balaban J connectivity index is 1.75. The van der Waals surface area contributed by atoms with Crippen LogP contribution in [0, 0.1) is 5.92 Å². The molecule has 1 fully saturated rings. The van der Waals surface area contributed by atoms with Crippen LogP contribution in [0.5, 0.6) is 0 Å². The predicted molar refractivity (Wildman–Crippen MR) is 74.1 cm³/mol. The monoisotopic (exact) mass is 263 g/mol. The van der Waals surface area contributed by atoms with E-state index >= 15 is 0 Å². The van der Waals surface area contributed by atoms with Crippen LogP contribution in [-0.2, 0) is 0 Å². The summed E-state index contributed by atoms with van der Waals surface area (Å²) in [7, 11) is 1.58. The first kappa shape index (κ1) is 13.7. The van der Waals surface area contributed by atoms with Gasteiger partial charge in [-0.1, -0.05) is 0 Å². The second kappa shape index (κ2) is 7.04. The molecule has 1 amide bonds. The minimum Gasteiger partial charge on any atom is -0.369 e. The van der Waals surface area contributed by atoms with Gasteiger partial charge in [-0.2, -0.15) is 0 Å². The Bertz CT molecular complexity index is 400. The number of amides is 1. The molecule has 0 aliphatic carbocycles. The third kappa shape index (κ3) is 4.17. The highest BCUT2D eigenvalue weighted by molar-refractivity contribution is 5.91. The lowest BCUT2D eigenvalue weighted by atomic mass is 9.96. The first-order valence-corrected chi connectivity index (χ1v) is 6.80. The van der Waals surface area contributed by atoms with Crippen LogP contribution in [0.1, 0.15) is 29.8 Å². The van der Waals surface area contributed by atoms with E-state index in [1.807, 2.05) is 0 Å². The number of piperidine rings is 1. The standard InChI is InChI=1S/C13H21N5O/c1-14-13(19)11-4-5-12(18-17-11)16-8-6-10-3-2-7-15-9-10/h4-5,10,15H,2-3,6-9H2,1H3,(H,14,19)(H,16,18). The van der Waals surface area contributed by atoms with Gasteiger partial charge in [0.2, 0.25) is 0 Å². The molecule has 0 aromatic carbocycles. The molecule has 0 saturated carbocycles. The molecule has 104 valence electrons. The maximum Gasteiger partial charge on any atom is 0.271 e. The molecule has 1 aliphatic heterocycles. The molecular weight excluding hydrogens is 242 g/mol. The highest BCUT2D eigenvalue weighted by Crippen LogP contribution is 2.14. The zero-order valence-electron chi connectivity index (χ0n) is 11.3. The number of carbonyl (C=O) groups is 1. The van der Waals surface area contributed by atoms with E-state index in [0.717, 1.165) is 37.8 Å². The van der Waals surface area contributed by atoms with Crippen LogP contribution in [0.25, 0.3) is 0 Å². The number of nitrogens with zero attached hydrogens (tertiary/aromatic N) is 2. The van der Waals surface area contributed by atoms with Gasteiger partial charge in [-0.05, 0) is 50.4 Å². The fourth-order valence-corrected chi connectivity index (χ4v) is 2.25. The minimum absolute atomic E-state index is 0.215. The summed E-state index contributed by atoms with van der Waals surface area (Å²) in [6.07, 6.45) is 3.70. The number of hydrogen-bond acceptors (Lipinski definition) is 5. The third-order valence-corrected chi connectivity index (χ3v) is 3.38. The van der Waals surface area contributed by atoms with E-state index in [4.69, 9.17) is 0 Å². The van der Waals surface area contributed by atoms with Gasteiger partial charge in [0.05, 0.1) is 0 Å². The van der Waals surface area contributed by atoms with Crippen LogP contribution >= 0.6 is 0 Å². The topological polar surface area (TPSA) is 78.9 Å². The van der Waals surface area contributed by atoms with Gasteiger partial charge >= 0.3 is 0 Å². The van der Waals surface area contributed by atoms with Crippen LogP contribution < -0.4 is 16.0 Å². The van der Waals surface area contributed by atoms with Crippen molar-refractivity contribution in [3.8, 4) is 0 Å². The van der Waals surface area contributed by atoms with Gasteiger partial charge in [-0.15, -0.1) is 10.2 Å². The molecule has 0 radical (unpaired) electrons. The summed E-state index contributed by atoms with van der Waals surface area (Å²) in [6, 6.07) is 3.47. The van der Waals surface area contributed by atoms with Crippen LogP contribution in [-0.4, -0.2) is 42.8 Å². The lowest BCUT2D eigenvalue weighted by Gasteiger charge is -2.22. The van der Waals surface area contributed by atoms with Gasteiger partial charge in [0.1, 0.15) is 5.82 Å². The molecule has 3 N–H and O–H groups in total. The quantitative estimate of drug-likeness (QED) is 0.726. The summed E-state index contributed by atoms with van der Waals surface area (Å²) >= 11 is 0. The summed E-state index contributed by atoms with van der Waals surface area (Å²) in [5, 5.41) is 17.0. The number of anilines is 1. The van der Waals surface area contributed by atoms with Crippen molar-refractivity contribution in [2.45, 2.75) is 19.3 Å². The van der Waals surface area contributed by atoms with Gasteiger partial charge in [-0.3, -0.25) is 4.79 Å². The fourth-order valence-electron chi connectivity index (χ4n) is 2.25. The first-order valence-electron chi connectivity index (χ1n) is 6.80. The van der Waals surface area contributed by atoms with E-state index in [-0.39, 0.29) is 5.91 Å². The number of aromatic nitrogens is 2. The second-order valence-electron chi connectivity index (χ2n) is 4.81. The van der Waals surface area contributed by atoms with Crippen molar-refractivity contribution in [2.24, 2.45) is 5.92 Å². The molecule has 2 rings (SSSR count). The fraction of sp³-hybridized carbons (Fsp3) is 0.615. The van der Waals surface area contributed by atoms with E-state index in [0.29, 0.717) is 5.69 Å². The molecule has 1 unspecified atom stereocenters. The maximum absolute atomic E-state index is 11.3. The Morgan fingerprint density at radius 2 is 2.37 bits per heavy atom. The molecule has 1 saturated heterocycles. The highest BCUT2D eigenvalue weighted by Gasteiger charge is 2.12. The molecule has 6 heteroatoms. The van der Waals surface area contributed by atoms with E-state index < -0.39 is 0 Å². The number of carbonyl (C=O) groups excluding carboxylic acids is 1. The Kier molecular flexibility index (Phi) is 5.09. The van der Waals surface area contributed by atoms with Gasteiger partial charge in [0.25, 0.3) is 5.91 Å². The molecule has 1 atom stereocenters. The summed E-state index contributed by atoms with van der Waals surface area (Å²) in [5.74, 6) is 1.25. The minimum atomic E-state index is -0.215. The van der Waals surface area contributed by atoms with Crippen molar-refractivity contribution in [1.82, 2.24) is 20.8 Å². The van der Waals surface area contributed by atoms with Crippen LogP contribution in [0.15, 0.2) is 12.1 Å². The van der Waals surface area contributed by atoms with Gasteiger partial charge in [0, 0.05) is 13.6 Å². The average Bonchev–Trinajstić information content (AvgIpc) is 2.48. The Morgan fingerprint density at radius 1 is 1.47 bits per heavy atom. The molecule has 6 nitrogen and oxygen atoms in total. The van der Waals surface area contributed by atoms with Gasteiger partial charge in [-0.25, -0.2) is 0 Å². The van der Waals surface area contributed by atoms with E-state index in [9.17, 15) is 4.79 Å². The normalized spacial score (nSPS) is 18.9. The Labute approximate surface area is 113 Å². The molecule has 1 aliphatic rings. The van der Waals surface area contributed by atoms with Crippen molar-refractivity contribution in [3.05, 3.63) is 17.8 Å². The number of rotatable bonds is 5. The Morgan fingerprint density at radius 3 is 3.00 bits per heavy atom. The SMILES string of the molecule is CNC(=O)c1ccc(NCCC2CCCNC2)nn1. The van der Waals surface area contributed by atoms with E-state index in [2.05, 4.69) is 26.1 Å². The molecule has 1 aromatic rings. The number of nitrogens with one attached hydrogen (secondary N) is 3. The predicted octanol–water partition coefficient (Wildman–Crippen LogP) is 0.638. The first-order chi connectivity index (χ1) is 9.29. The van der Waals surface area contributed by atoms with Crippen molar-refractivity contribution < 1.29 is 4.79 Å². The van der Waals surface area contributed by atoms with E-state index in [1.165, 1.54) is 12.8 Å². The van der Waals surface area contributed by atoms with Crippen molar-refractivity contribution >= 4 is 11.7 Å². The summed E-state index contributed by atoms with van der Waals surface area (Å²) in [5.41, 5.74) is 0.338. The average molecular weight is 263 g/mol. The van der Waals surface area contributed by atoms with Crippen molar-refractivity contribution in [1.29, 1.82) is 0 Å². The second-order valence-corrected chi connectivity index (χ2v) is 4.81. The van der Waals surface area contributed by atoms with Gasteiger partial charge < -0.3 is 16.0 Å². The molecule has 1 aromatic heterocycles. The number of hydrogen-bond donors (Lipinski definition) is 3. The molecule has 0 spiro atoms. The lowest BCUT2D eigenvalue weighted by molar-refractivity contribution is 0.0957. The maximum atomic E-state index is 11.3. The summed E-state index contributed by atoms with van der Waals surface area (Å²) in [4.78, 5) is 11.3. The van der Waals surface area contributed by atoms with Crippen molar-refractivity contribution in [3.63, 3.8) is 0 Å². The van der Waals surface area contributed by atoms with Gasteiger partial charge in [0.15, 0.2) is 5.69 Å². The van der Waals surface area contributed by atoms with Crippen molar-refractivity contribution in [2.75, 3.05) is 32.0 Å². The van der Waals surface area contributed by atoms with Crippen LogP contribution in [0.4, 0.5) is 5.82 Å². The zero-order chi connectivity index (χ0) is 13.5. The third-order valence-electron chi connectivity index (χ3n) is 3.38. The summed E-state index contributed by atoms with van der Waals surface area (Å²) < 4.78 is 0. The van der Waals surface area contributed by atoms with Crippen LogP contribution in [0.3, 0.4) is 0 Å². The molecular formula is C13H21N5O. The molecule has 2 heterocycles. The molecule has 19 heavy (non-hydrogen) atoms. The Hall–Kier alpha value is -1.69. The summed E-state index contributed by atoms with van der Waals surface area (Å²) in [6.45, 7) is 3.15.